The van der Waals surface area contributed by atoms with Crippen molar-refractivity contribution in [3.63, 3.8) is 0 Å². The van der Waals surface area contributed by atoms with Crippen molar-refractivity contribution in [2.75, 3.05) is 0 Å². The summed E-state index contributed by atoms with van der Waals surface area (Å²) >= 11 is 0. The number of para-hydroxylation sites is 1. The molecule has 26 heavy (non-hydrogen) atoms. The summed E-state index contributed by atoms with van der Waals surface area (Å²) in [4.78, 5) is 26.1. The van der Waals surface area contributed by atoms with Crippen molar-refractivity contribution in [2.24, 2.45) is 23.7 Å². The maximum atomic E-state index is 13.1. The predicted octanol–water partition coefficient (Wildman–Crippen LogP) is 5.23. The van der Waals surface area contributed by atoms with Gasteiger partial charge >= 0.3 is 0 Å². The van der Waals surface area contributed by atoms with Gasteiger partial charge in [-0.3, -0.25) is 9.59 Å². The van der Waals surface area contributed by atoms with Crippen LogP contribution in [0.1, 0.15) is 69.3 Å². The predicted molar refractivity (Wildman–Crippen MR) is 106 cm³/mol. The Morgan fingerprint density at radius 3 is 2.46 bits per heavy atom. The number of Topliss-reactive ketones (excluding diaryl/α,β-unsaturated/α-hetero) is 1. The van der Waals surface area contributed by atoms with Gasteiger partial charge in [0.05, 0.1) is 11.1 Å². The summed E-state index contributed by atoms with van der Waals surface area (Å²) in [5.41, 5.74) is 1.16. The second-order valence-corrected chi connectivity index (χ2v) is 8.81. The van der Waals surface area contributed by atoms with Crippen LogP contribution < -0.4 is 5.56 Å². The van der Waals surface area contributed by atoms with Crippen molar-refractivity contribution >= 4 is 16.7 Å². The van der Waals surface area contributed by atoms with Crippen LogP contribution in [0.4, 0.5) is 0 Å². The standard InChI is InChI=1S/C23H29NO2/c1-14(2)24-21-7-5-4-6-19(21)13-20(23(24)26)22(25)12-16-10-17-8-9-18(11-16)15(17)3/h4-7,13-18H,8-12H2,1-3H3. The lowest BCUT2D eigenvalue weighted by Crippen LogP contribution is -2.30. The quantitative estimate of drug-likeness (QED) is 0.708. The van der Waals surface area contributed by atoms with E-state index in [0.717, 1.165) is 41.5 Å². The first-order valence-electron chi connectivity index (χ1n) is 10.1. The zero-order valence-electron chi connectivity index (χ0n) is 16.1. The lowest BCUT2D eigenvalue weighted by Gasteiger charge is -2.33. The van der Waals surface area contributed by atoms with Crippen LogP contribution in [0.15, 0.2) is 35.1 Å². The maximum absolute atomic E-state index is 13.1. The van der Waals surface area contributed by atoms with Crippen molar-refractivity contribution < 1.29 is 4.79 Å². The number of aromatic nitrogens is 1. The van der Waals surface area contributed by atoms with Crippen molar-refractivity contribution in [3.05, 3.63) is 46.2 Å². The van der Waals surface area contributed by atoms with Crippen LogP contribution in [0.3, 0.4) is 0 Å². The van der Waals surface area contributed by atoms with Crippen LogP contribution in [-0.4, -0.2) is 10.4 Å². The number of hydrogen-bond acceptors (Lipinski definition) is 2. The molecule has 1 aromatic heterocycles. The molecule has 2 aliphatic rings. The fourth-order valence-electron chi connectivity index (χ4n) is 5.49. The molecule has 2 atom stereocenters. The van der Waals surface area contributed by atoms with Gasteiger partial charge in [-0.2, -0.15) is 0 Å². The van der Waals surface area contributed by atoms with Crippen LogP contribution >= 0.6 is 0 Å². The van der Waals surface area contributed by atoms with Crippen molar-refractivity contribution in [1.82, 2.24) is 4.57 Å². The number of rotatable bonds is 4. The van der Waals surface area contributed by atoms with Gasteiger partial charge in [0, 0.05) is 12.5 Å². The molecule has 2 saturated carbocycles. The topological polar surface area (TPSA) is 39.1 Å². The molecule has 2 bridgehead atoms. The zero-order valence-corrected chi connectivity index (χ0v) is 16.1. The molecular weight excluding hydrogens is 322 g/mol. The van der Waals surface area contributed by atoms with E-state index < -0.39 is 0 Å². The number of nitrogens with zero attached hydrogens (tertiary/aromatic N) is 1. The van der Waals surface area contributed by atoms with Gasteiger partial charge in [-0.15, -0.1) is 0 Å². The summed E-state index contributed by atoms with van der Waals surface area (Å²) in [5, 5.41) is 0.974. The minimum atomic E-state index is -0.129. The van der Waals surface area contributed by atoms with Crippen LogP contribution in [0.2, 0.25) is 0 Å². The van der Waals surface area contributed by atoms with Crippen molar-refractivity contribution in [1.29, 1.82) is 0 Å². The summed E-state index contributed by atoms with van der Waals surface area (Å²) < 4.78 is 1.77. The number of ketones is 1. The molecule has 0 spiro atoms. The Kier molecular flexibility index (Phi) is 4.50. The van der Waals surface area contributed by atoms with Gasteiger partial charge in [0.2, 0.25) is 0 Å². The van der Waals surface area contributed by atoms with E-state index in [1.165, 1.54) is 12.8 Å². The molecule has 1 heterocycles. The highest BCUT2D eigenvalue weighted by atomic mass is 16.1. The zero-order chi connectivity index (χ0) is 18.4. The van der Waals surface area contributed by atoms with E-state index in [1.54, 1.807) is 4.57 Å². The highest BCUT2D eigenvalue weighted by molar-refractivity contribution is 5.99. The molecule has 138 valence electrons. The lowest BCUT2D eigenvalue weighted by molar-refractivity contribution is 0.0913. The molecule has 0 N–H and O–H groups in total. The molecule has 4 rings (SSSR count). The number of carbonyl (C=O) groups excluding carboxylic acids is 1. The Bertz CT molecular complexity index is 881. The second-order valence-electron chi connectivity index (χ2n) is 8.81. The average molecular weight is 351 g/mol. The largest absolute Gasteiger partial charge is 0.305 e. The molecule has 2 fully saturated rings. The third-order valence-electron chi connectivity index (χ3n) is 6.90. The fraction of sp³-hybridized carbons (Fsp3) is 0.565. The van der Waals surface area contributed by atoms with E-state index in [1.807, 2.05) is 44.2 Å². The Morgan fingerprint density at radius 2 is 1.81 bits per heavy atom. The fourth-order valence-corrected chi connectivity index (χ4v) is 5.49. The maximum Gasteiger partial charge on any atom is 0.262 e. The highest BCUT2D eigenvalue weighted by Crippen LogP contribution is 2.49. The van der Waals surface area contributed by atoms with Crippen LogP contribution in [-0.2, 0) is 0 Å². The van der Waals surface area contributed by atoms with Crippen molar-refractivity contribution in [2.45, 2.75) is 58.9 Å². The van der Waals surface area contributed by atoms with Gasteiger partial charge in [-0.1, -0.05) is 25.1 Å². The molecule has 3 heteroatoms. The second kappa shape index (κ2) is 6.68. The number of hydrogen-bond donors (Lipinski definition) is 0. The summed E-state index contributed by atoms with van der Waals surface area (Å²) in [6.45, 7) is 6.38. The SMILES string of the molecule is CC1C2CCC1CC(CC(=O)c1cc3ccccc3n(C(C)C)c1=O)C2. The van der Waals surface area contributed by atoms with Crippen LogP contribution in [0.25, 0.3) is 10.9 Å². The number of carbonyl (C=O) groups is 1. The average Bonchev–Trinajstić information content (AvgIpc) is 2.82. The van der Waals surface area contributed by atoms with Crippen LogP contribution in [0.5, 0.6) is 0 Å². The molecular formula is C23H29NO2. The van der Waals surface area contributed by atoms with E-state index in [9.17, 15) is 9.59 Å². The summed E-state index contributed by atoms with van der Waals surface area (Å²) in [6.07, 6.45) is 5.51. The monoisotopic (exact) mass is 351 g/mol. The summed E-state index contributed by atoms with van der Waals surface area (Å²) in [6, 6.07) is 9.72. The van der Waals surface area contributed by atoms with Gasteiger partial charge in [-0.25, -0.2) is 0 Å². The highest BCUT2D eigenvalue weighted by Gasteiger charge is 2.40. The van der Waals surface area contributed by atoms with E-state index in [0.29, 0.717) is 17.9 Å². The smallest absolute Gasteiger partial charge is 0.262 e. The van der Waals surface area contributed by atoms with Gasteiger partial charge in [0.1, 0.15) is 0 Å². The third-order valence-corrected chi connectivity index (χ3v) is 6.90. The Hall–Kier alpha value is -1.90. The normalized spacial score (nSPS) is 28.0. The summed E-state index contributed by atoms with van der Waals surface area (Å²) in [5.74, 6) is 2.88. The Labute approximate surface area is 155 Å². The minimum absolute atomic E-state index is 0.0338. The molecule has 0 saturated heterocycles. The van der Waals surface area contributed by atoms with Gasteiger partial charge < -0.3 is 4.57 Å². The first-order chi connectivity index (χ1) is 12.5. The van der Waals surface area contributed by atoms with Crippen molar-refractivity contribution in [3.8, 4) is 0 Å². The molecule has 3 nitrogen and oxygen atoms in total. The van der Waals surface area contributed by atoms with E-state index >= 15 is 0 Å². The third kappa shape index (κ3) is 2.91. The molecule has 0 amide bonds. The molecule has 0 radical (unpaired) electrons. The molecule has 1 aromatic carbocycles. The van der Waals surface area contributed by atoms with E-state index in [4.69, 9.17) is 0 Å². The molecule has 2 aliphatic carbocycles. The van der Waals surface area contributed by atoms with Gasteiger partial charge in [0.25, 0.3) is 5.56 Å². The van der Waals surface area contributed by atoms with E-state index in [2.05, 4.69) is 6.92 Å². The molecule has 0 aliphatic heterocycles. The Balaban J connectivity index is 1.65. The van der Waals surface area contributed by atoms with Gasteiger partial charge in [-0.05, 0) is 80.7 Å². The number of pyridine rings is 1. The van der Waals surface area contributed by atoms with Crippen LogP contribution in [0, 0.1) is 23.7 Å². The first kappa shape index (κ1) is 17.5. The van der Waals surface area contributed by atoms with E-state index in [-0.39, 0.29) is 17.4 Å². The Morgan fingerprint density at radius 1 is 1.15 bits per heavy atom. The molecule has 2 aromatic rings. The molecule has 2 unspecified atom stereocenters. The number of fused-ring (bicyclic) bond motifs is 3. The van der Waals surface area contributed by atoms with Gasteiger partial charge in [0.15, 0.2) is 5.78 Å². The first-order valence-corrected chi connectivity index (χ1v) is 10.1. The number of benzene rings is 1. The minimum Gasteiger partial charge on any atom is -0.305 e. The summed E-state index contributed by atoms with van der Waals surface area (Å²) in [7, 11) is 0. The lowest BCUT2D eigenvalue weighted by atomic mass is 9.72.